The van der Waals surface area contributed by atoms with Gasteiger partial charge < -0.3 is 20.4 Å². The van der Waals surface area contributed by atoms with E-state index < -0.39 is 12.1 Å². The summed E-state index contributed by atoms with van der Waals surface area (Å²) >= 11 is 0. The first kappa shape index (κ1) is 12.2. The molecular formula is C11H18N2O4. The molecule has 0 aliphatic heterocycles. The number of amides is 2. The summed E-state index contributed by atoms with van der Waals surface area (Å²) in [7, 11) is 0. The van der Waals surface area contributed by atoms with Crippen LogP contribution in [0.2, 0.25) is 0 Å². The van der Waals surface area contributed by atoms with Crippen molar-refractivity contribution in [1.82, 2.24) is 10.2 Å². The van der Waals surface area contributed by atoms with E-state index in [1.54, 1.807) is 4.90 Å². The lowest BCUT2D eigenvalue weighted by atomic mass is 10.3. The van der Waals surface area contributed by atoms with Gasteiger partial charge in [-0.15, -0.1) is 0 Å². The fraction of sp³-hybridized carbons (Fsp3) is 0.818. The lowest BCUT2D eigenvalue weighted by Crippen LogP contribution is -2.46. The van der Waals surface area contributed by atoms with Gasteiger partial charge in [0.1, 0.15) is 0 Å². The fourth-order valence-electron chi connectivity index (χ4n) is 1.74. The number of hydrogen-bond acceptors (Lipinski definition) is 3. The molecule has 1 atom stereocenters. The molecule has 2 fully saturated rings. The number of carbonyl (C=O) groups excluding carboxylic acids is 1. The van der Waals surface area contributed by atoms with Crippen LogP contribution in [0.15, 0.2) is 0 Å². The molecule has 0 heterocycles. The highest BCUT2D eigenvalue weighted by Gasteiger charge is 2.36. The number of carboxylic acids is 1. The molecule has 3 N–H and O–H groups in total. The lowest BCUT2D eigenvalue weighted by Gasteiger charge is -2.23. The summed E-state index contributed by atoms with van der Waals surface area (Å²) < 4.78 is 0. The van der Waals surface area contributed by atoms with Gasteiger partial charge in [0, 0.05) is 12.6 Å². The van der Waals surface area contributed by atoms with Gasteiger partial charge in [0.25, 0.3) is 0 Å². The molecule has 96 valence electrons. The van der Waals surface area contributed by atoms with Crippen LogP contribution in [0.1, 0.15) is 25.7 Å². The van der Waals surface area contributed by atoms with Gasteiger partial charge in [-0.1, -0.05) is 0 Å². The van der Waals surface area contributed by atoms with Crippen LogP contribution >= 0.6 is 0 Å². The van der Waals surface area contributed by atoms with E-state index in [4.69, 9.17) is 10.2 Å². The third-order valence-corrected chi connectivity index (χ3v) is 3.13. The zero-order valence-electron chi connectivity index (χ0n) is 9.63. The Labute approximate surface area is 99.6 Å². The van der Waals surface area contributed by atoms with Crippen molar-refractivity contribution in [2.45, 2.75) is 37.8 Å². The van der Waals surface area contributed by atoms with Gasteiger partial charge in [-0.3, -0.25) is 0 Å². The minimum absolute atomic E-state index is 0.234. The molecule has 0 radical (unpaired) electrons. The van der Waals surface area contributed by atoms with Crippen LogP contribution in [0.5, 0.6) is 0 Å². The van der Waals surface area contributed by atoms with Crippen molar-refractivity contribution < 1.29 is 19.8 Å². The van der Waals surface area contributed by atoms with E-state index in [1.165, 1.54) is 12.8 Å². The van der Waals surface area contributed by atoms with Gasteiger partial charge in [-0.2, -0.15) is 0 Å². The van der Waals surface area contributed by atoms with E-state index in [2.05, 4.69) is 5.32 Å². The Hall–Kier alpha value is -1.30. The molecule has 0 aromatic heterocycles. The Kier molecular flexibility index (Phi) is 3.51. The predicted molar refractivity (Wildman–Crippen MR) is 59.5 cm³/mol. The number of aliphatic hydroxyl groups is 1. The lowest BCUT2D eigenvalue weighted by molar-refractivity contribution is -0.146. The maximum absolute atomic E-state index is 11.8. The van der Waals surface area contributed by atoms with Crippen molar-refractivity contribution in [1.29, 1.82) is 0 Å². The molecule has 0 aromatic rings. The number of aliphatic hydroxyl groups excluding tert-OH is 1. The molecule has 2 aliphatic rings. The molecule has 0 spiro atoms. The van der Waals surface area contributed by atoms with Gasteiger partial charge in [0.15, 0.2) is 6.10 Å². The summed E-state index contributed by atoms with van der Waals surface area (Å²) in [4.78, 5) is 24.0. The molecule has 6 heteroatoms. The minimum atomic E-state index is -1.53. The number of nitrogens with one attached hydrogen (secondary N) is 1. The van der Waals surface area contributed by atoms with E-state index in [0.29, 0.717) is 12.0 Å². The second-order valence-corrected chi connectivity index (χ2v) is 4.87. The highest BCUT2D eigenvalue weighted by molar-refractivity contribution is 5.77. The Morgan fingerprint density at radius 2 is 1.94 bits per heavy atom. The third-order valence-electron chi connectivity index (χ3n) is 3.13. The fourth-order valence-corrected chi connectivity index (χ4v) is 1.74. The maximum Gasteiger partial charge on any atom is 0.334 e. The minimum Gasteiger partial charge on any atom is -0.479 e. The number of urea groups is 1. The van der Waals surface area contributed by atoms with E-state index in [0.717, 1.165) is 19.4 Å². The first-order valence-electron chi connectivity index (χ1n) is 6.03. The smallest absolute Gasteiger partial charge is 0.334 e. The summed E-state index contributed by atoms with van der Waals surface area (Å²) in [5, 5.41) is 20.0. The topological polar surface area (TPSA) is 89.9 Å². The molecule has 0 aromatic carbocycles. The second-order valence-electron chi connectivity index (χ2n) is 4.87. The average molecular weight is 242 g/mol. The largest absolute Gasteiger partial charge is 0.479 e. The highest BCUT2D eigenvalue weighted by Crippen LogP contribution is 2.34. The van der Waals surface area contributed by atoms with Crippen molar-refractivity contribution in [3.05, 3.63) is 0 Å². The van der Waals surface area contributed by atoms with Crippen LogP contribution in [0, 0.1) is 5.92 Å². The van der Waals surface area contributed by atoms with Gasteiger partial charge in [-0.25, -0.2) is 9.59 Å². The predicted octanol–water partition coefficient (Wildman–Crippen LogP) is 0.0159. The Balaban J connectivity index is 1.77. The van der Waals surface area contributed by atoms with Crippen molar-refractivity contribution in [2.24, 2.45) is 5.92 Å². The summed E-state index contributed by atoms with van der Waals surface area (Å²) in [6.07, 6.45) is 2.88. The summed E-state index contributed by atoms with van der Waals surface area (Å²) in [6.45, 7) is 0.529. The molecule has 1 unspecified atom stereocenters. The van der Waals surface area contributed by atoms with E-state index in [9.17, 15) is 9.59 Å². The highest BCUT2D eigenvalue weighted by atomic mass is 16.4. The molecule has 17 heavy (non-hydrogen) atoms. The zero-order valence-corrected chi connectivity index (χ0v) is 9.63. The normalized spacial score (nSPS) is 20.8. The monoisotopic (exact) mass is 242 g/mol. The number of carboxylic acid groups (broad SMARTS) is 1. The average Bonchev–Trinajstić information content (AvgIpc) is 3.14. The Morgan fingerprint density at radius 3 is 2.41 bits per heavy atom. The molecule has 2 aliphatic carbocycles. The van der Waals surface area contributed by atoms with Crippen LogP contribution in [0.25, 0.3) is 0 Å². The standard InChI is InChI=1S/C11H18N2O4/c14-9(10(15)16)5-12-11(17)13(8-3-4-8)6-7-1-2-7/h7-9,14H,1-6H2,(H,12,17)(H,15,16). The second kappa shape index (κ2) is 4.91. The molecule has 0 bridgehead atoms. The quantitative estimate of drug-likeness (QED) is 0.612. The van der Waals surface area contributed by atoms with E-state index in [1.807, 2.05) is 0 Å². The first-order chi connectivity index (χ1) is 8.08. The number of aliphatic carboxylic acids is 1. The molecular weight excluding hydrogens is 224 g/mol. The van der Waals surface area contributed by atoms with Crippen molar-refractivity contribution in [3.63, 3.8) is 0 Å². The summed E-state index contributed by atoms with van der Waals surface area (Å²) in [5.74, 6) is -0.698. The Morgan fingerprint density at radius 1 is 1.29 bits per heavy atom. The SMILES string of the molecule is O=C(O)C(O)CNC(=O)N(CC1CC1)C1CC1. The van der Waals surface area contributed by atoms with E-state index >= 15 is 0 Å². The summed E-state index contributed by atoms with van der Waals surface area (Å²) in [6, 6.07) is 0.0669. The zero-order chi connectivity index (χ0) is 12.4. The van der Waals surface area contributed by atoms with Crippen molar-refractivity contribution >= 4 is 12.0 Å². The Bertz CT molecular complexity index is 313. The van der Waals surface area contributed by atoms with Crippen LogP contribution in [-0.4, -0.2) is 52.3 Å². The molecule has 0 saturated heterocycles. The van der Waals surface area contributed by atoms with Crippen molar-refractivity contribution in [3.8, 4) is 0 Å². The number of nitrogens with zero attached hydrogens (tertiary/aromatic N) is 1. The van der Waals surface area contributed by atoms with Gasteiger partial charge in [-0.05, 0) is 31.6 Å². The van der Waals surface area contributed by atoms with Gasteiger partial charge in [0.2, 0.25) is 0 Å². The van der Waals surface area contributed by atoms with Gasteiger partial charge in [0.05, 0.1) is 6.54 Å². The first-order valence-corrected chi connectivity index (χ1v) is 6.03. The van der Waals surface area contributed by atoms with E-state index in [-0.39, 0.29) is 12.6 Å². The van der Waals surface area contributed by atoms with Crippen LogP contribution < -0.4 is 5.32 Å². The molecule has 2 rings (SSSR count). The molecule has 2 amide bonds. The molecule has 2 saturated carbocycles. The van der Waals surface area contributed by atoms with Gasteiger partial charge >= 0.3 is 12.0 Å². The van der Waals surface area contributed by atoms with Crippen LogP contribution in [0.4, 0.5) is 4.79 Å². The summed E-state index contributed by atoms with van der Waals surface area (Å²) in [5.41, 5.74) is 0. The maximum atomic E-state index is 11.8. The number of hydrogen-bond donors (Lipinski definition) is 3. The third kappa shape index (κ3) is 3.59. The number of rotatable bonds is 6. The molecule has 6 nitrogen and oxygen atoms in total. The van der Waals surface area contributed by atoms with Crippen LogP contribution in [0.3, 0.4) is 0 Å². The van der Waals surface area contributed by atoms with Crippen LogP contribution in [-0.2, 0) is 4.79 Å². The number of carbonyl (C=O) groups is 2. The van der Waals surface area contributed by atoms with Crippen molar-refractivity contribution in [2.75, 3.05) is 13.1 Å².